The Labute approximate surface area is 123 Å². The van der Waals surface area contributed by atoms with E-state index in [4.69, 9.17) is 0 Å². The van der Waals surface area contributed by atoms with Crippen molar-refractivity contribution in [3.8, 4) is 5.75 Å². The number of aryl methyl sites for hydroxylation is 1. The van der Waals surface area contributed by atoms with Gasteiger partial charge in [0, 0.05) is 18.3 Å². The number of benzene rings is 1. The number of nitrogens with one attached hydrogen (secondary N) is 1. The van der Waals surface area contributed by atoms with Crippen LogP contribution < -0.4 is 5.32 Å². The zero-order chi connectivity index (χ0) is 14.5. The first-order chi connectivity index (χ1) is 9.60. The molecule has 2 atom stereocenters. The summed E-state index contributed by atoms with van der Waals surface area (Å²) in [5.74, 6) is 1.05. The smallest absolute Gasteiger partial charge is 0.115 e. The van der Waals surface area contributed by atoms with E-state index in [0.717, 1.165) is 11.3 Å². The maximum atomic E-state index is 9.48. The molecule has 2 N–H and O–H groups in total. The van der Waals surface area contributed by atoms with Crippen LogP contribution in [0.15, 0.2) is 18.2 Å². The van der Waals surface area contributed by atoms with Gasteiger partial charge in [-0.3, -0.25) is 0 Å². The number of aromatic hydroxyl groups is 1. The van der Waals surface area contributed by atoms with Crippen LogP contribution in [0, 0.1) is 12.8 Å². The number of anilines is 1. The second kappa shape index (κ2) is 6.98. The fourth-order valence-corrected chi connectivity index (χ4v) is 3.19. The van der Waals surface area contributed by atoms with Gasteiger partial charge in [-0.25, -0.2) is 0 Å². The third-order valence-corrected chi connectivity index (χ3v) is 4.38. The van der Waals surface area contributed by atoms with Crippen LogP contribution in [0.2, 0.25) is 0 Å². The van der Waals surface area contributed by atoms with Gasteiger partial charge < -0.3 is 15.3 Å². The van der Waals surface area contributed by atoms with E-state index in [1.54, 1.807) is 6.07 Å². The Bertz CT molecular complexity index is 431. The van der Waals surface area contributed by atoms with Gasteiger partial charge in [0.15, 0.2) is 0 Å². The molecule has 112 valence electrons. The summed E-state index contributed by atoms with van der Waals surface area (Å²) in [4.78, 5) is 2.59. The Morgan fingerprint density at radius 2 is 2.25 bits per heavy atom. The van der Waals surface area contributed by atoms with E-state index in [2.05, 4.69) is 24.1 Å². The normalized spacial score (nSPS) is 21.6. The Kier molecular flexibility index (Phi) is 5.30. The molecule has 1 saturated heterocycles. The summed E-state index contributed by atoms with van der Waals surface area (Å²) < 4.78 is 0. The zero-order valence-corrected chi connectivity index (χ0v) is 13.0. The molecular formula is C17H28N2O. The molecule has 1 aliphatic heterocycles. The van der Waals surface area contributed by atoms with E-state index in [1.807, 2.05) is 19.1 Å². The SMILES string of the molecule is CCCN1CCCC(C(C)Nc2ccc(O)cc2C)C1. The second-order valence-corrected chi connectivity index (χ2v) is 6.14. The van der Waals surface area contributed by atoms with Crippen LogP contribution in [0.5, 0.6) is 5.75 Å². The zero-order valence-electron chi connectivity index (χ0n) is 13.0. The van der Waals surface area contributed by atoms with Crippen molar-refractivity contribution in [2.24, 2.45) is 5.92 Å². The number of rotatable bonds is 5. The number of hydrogen-bond acceptors (Lipinski definition) is 3. The van der Waals surface area contributed by atoms with Crippen molar-refractivity contribution in [2.45, 2.75) is 46.1 Å². The van der Waals surface area contributed by atoms with E-state index in [9.17, 15) is 5.11 Å². The molecule has 1 heterocycles. The van der Waals surface area contributed by atoms with Crippen molar-refractivity contribution in [1.82, 2.24) is 4.90 Å². The molecule has 0 saturated carbocycles. The van der Waals surface area contributed by atoms with Crippen LogP contribution in [0.4, 0.5) is 5.69 Å². The van der Waals surface area contributed by atoms with Gasteiger partial charge in [0.25, 0.3) is 0 Å². The van der Waals surface area contributed by atoms with Crippen LogP contribution in [0.3, 0.4) is 0 Å². The first-order valence-electron chi connectivity index (χ1n) is 7.88. The Morgan fingerprint density at radius 3 is 2.95 bits per heavy atom. The van der Waals surface area contributed by atoms with Gasteiger partial charge in [-0.2, -0.15) is 0 Å². The van der Waals surface area contributed by atoms with Crippen molar-refractivity contribution in [2.75, 3.05) is 25.0 Å². The third-order valence-electron chi connectivity index (χ3n) is 4.38. The molecule has 0 spiro atoms. The Hall–Kier alpha value is -1.22. The maximum absolute atomic E-state index is 9.48. The Balaban J connectivity index is 1.95. The number of phenolic OH excluding ortho intramolecular Hbond substituents is 1. The average molecular weight is 276 g/mol. The quantitative estimate of drug-likeness (QED) is 0.806. The minimum atomic E-state index is 0.340. The summed E-state index contributed by atoms with van der Waals surface area (Å²) in [7, 11) is 0. The fourth-order valence-electron chi connectivity index (χ4n) is 3.19. The predicted molar refractivity (Wildman–Crippen MR) is 85.4 cm³/mol. The monoisotopic (exact) mass is 276 g/mol. The molecule has 0 amide bonds. The highest BCUT2D eigenvalue weighted by Gasteiger charge is 2.24. The summed E-state index contributed by atoms with van der Waals surface area (Å²) in [6, 6.07) is 6.03. The van der Waals surface area contributed by atoms with E-state index in [0.29, 0.717) is 17.7 Å². The van der Waals surface area contributed by atoms with E-state index in [-0.39, 0.29) is 0 Å². The summed E-state index contributed by atoms with van der Waals surface area (Å²) in [6.45, 7) is 10.3. The molecule has 2 rings (SSSR count). The lowest BCUT2D eigenvalue weighted by Gasteiger charge is -2.36. The van der Waals surface area contributed by atoms with Crippen LogP contribution in [0.25, 0.3) is 0 Å². The van der Waals surface area contributed by atoms with Gasteiger partial charge in [0.2, 0.25) is 0 Å². The molecular weight excluding hydrogens is 248 g/mol. The van der Waals surface area contributed by atoms with E-state index in [1.165, 1.54) is 38.9 Å². The van der Waals surface area contributed by atoms with Crippen LogP contribution in [-0.2, 0) is 0 Å². The molecule has 0 aliphatic carbocycles. The minimum Gasteiger partial charge on any atom is -0.508 e. The van der Waals surface area contributed by atoms with Gasteiger partial charge >= 0.3 is 0 Å². The predicted octanol–water partition coefficient (Wildman–Crippen LogP) is 3.62. The molecule has 3 nitrogen and oxygen atoms in total. The summed E-state index contributed by atoms with van der Waals surface area (Å²) >= 11 is 0. The van der Waals surface area contributed by atoms with Gasteiger partial charge in [-0.15, -0.1) is 0 Å². The molecule has 3 heteroatoms. The van der Waals surface area contributed by atoms with Crippen molar-refractivity contribution in [1.29, 1.82) is 0 Å². The fraction of sp³-hybridized carbons (Fsp3) is 0.647. The summed E-state index contributed by atoms with van der Waals surface area (Å²) in [6.07, 6.45) is 3.86. The van der Waals surface area contributed by atoms with Crippen molar-refractivity contribution >= 4 is 5.69 Å². The standard InChI is InChI=1S/C17H28N2O/c1-4-9-19-10-5-6-15(12-19)14(3)18-17-8-7-16(20)11-13(17)2/h7-8,11,14-15,18,20H,4-6,9-10,12H2,1-3H3. The molecule has 1 fully saturated rings. The minimum absolute atomic E-state index is 0.340. The molecule has 0 bridgehead atoms. The first-order valence-corrected chi connectivity index (χ1v) is 7.88. The number of nitrogens with zero attached hydrogens (tertiary/aromatic N) is 1. The third kappa shape index (κ3) is 3.89. The molecule has 1 aromatic carbocycles. The number of likely N-dealkylation sites (tertiary alicyclic amines) is 1. The summed E-state index contributed by atoms with van der Waals surface area (Å²) in [5.41, 5.74) is 2.25. The molecule has 0 aromatic heterocycles. The molecule has 0 radical (unpaired) electrons. The van der Waals surface area contributed by atoms with Crippen molar-refractivity contribution in [3.05, 3.63) is 23.8 Å². The maximum Gasteiger partial charge on any atom is 0.115 e. The highest BCUT2D eigenvalue weighted by Crippen LogP contribution is 2.25. The largest absolute Gasteiger partial charge is 0.508 e. The Morgan fingerprint density at radius 1 is 1.45 bits per heavy atom. The lowest BCUT2D eigenvalue weighted by Crippen LogP contribution is -2.42. The number of phenols is 1. The molecule has 1 aliphatic rings. The molecule has 1 aromatic rings. The van der Waals surface area contributed by atoms with Gasteiger partial charge in [0.1, 0.15) is 5.75 Å². The van der Waals surface area contributed by atoms with Gasteiger partial charge in [0.05, 0.1) is 0 Å². The van der Waals surface area contributed by atoms with Crippen LogP contribution in [-0.4, -0.2) is 35.7 Å². The van der Waals surface area contributed by atoms with Crippen molar-refractivity contribution < 1.29 is 5.11 Å². The number of hydrogen-bond donors (Lipinski definition) is 2. The highest BCUT2D eigenvalue weighted by molar-refractivity contribution is 5.53. The lowest BCUT2D eigenvalue weighted by atomic mass is 9.91. The summed E-state index contributed by atoms with van der Waals surface area (Å²) in [5, 5.41) is 13.1. The highest BCUT2D eigenvalue weighted by atomic mass is 16.3. The van der Waals surface area contributed by atoms with Crippen molar-refractivity contribution in [3.63, 3.8) is 0 Å². The van der Waals surface area contributed by atoms with Crippen LogP contribution in [0.1, 0.15) is 38.7 Å². The lowest BCUT2D eigenvalue weighted by molar-refractivity contribution is 0.165. The first kappa shape index (κ1) is 15.2. The van der Waals surface area contributed by atoms with E-state index >= 15 is 0 Å². The molecule has 2 unspecified atom stereocenters. The van der Waals surface area contributed by atoms with Gasteiger partial charge in [-0.1, -0.05) is 6.92 Å². The van der Waals surface area contributed by atoms with Crippen LogP contribution >= 0.6 is 0 Å². The second-order valence-electron chi connectivity index (χ2n) is 6.14. The number of piperidine rings is 1. The molecule has 20 heavy (non-hydrogen) atoms. The van der Waals surface area contributed by atoms with E-state index < -0.39 is 0 Å². The van der Waals surface area contributed by atoms with Gasteiger partial charge in [-0.05, 0) is 75.9 Å². The average Bonchev–Trinajstić information content (AvgIpc) is 2.42. The topological polar surface area (TPSA) is 35.5 Å².